The Hall–Kier alpha value is -2.84. The van der Waals surface area contributed by atoms with Crippen molar-refractivity contribution >= 4 is 32.8 Å². The minimum Gasteiger partial charge on any atom is -0.497 e. The van der Waals surface area contributed by atoms with Crippen molar-refractivity contribution in [2.75, 3.05) is 19.0 Å². The number of hydrogen-bond acceptors (Lipinski definition) is 6. The van der Waals surface area contributed by atoms with Crippen LogP contribution in [0.4, 0.5) is 5.69 Å². The molecule has 4 rings (SSSR count). The van der Waals surface area contributed by atoms with Crippen LogP contribution in [0.25, 0.3) is 0 Å². The minimum absolute atomic E-state index is 0.125. The fourth-order valence-corrected chi connectivity index (χ4v) is 6.59. The predicted molar refractivity (Wildman–Crippen MR) is 125 cm³/mol. The molecule has 1 aliphatic rings. The van der Waals surface area contributed by atoms with Gasteiger partial charge in [0, 0.05) is 22.6 Å². The van der Waals surface area contributed by atoms with Crippen molar-refractivity contribution in [2.24, 2.45) is 0 Å². The lowest BCUT2D eigenvalue weighted by atomic mass is 9.90. The lowest BCUT2D eigenvalue weighted by molar-refractivity contribution is -0.116. The van der Waals surface area contributed by atoms with Gasteiger partial charge in [-0.05, 0) is 48.4 Å². The molecule has 0 saturated carbocycles. The van der Waals surface area contributed by atoms with Gasteiger partial charge in [-0.15, -0.1) is 11.3 Å². The Morgan fingerprint density at radius 2 is 1.75 bits per heavy atom. The summed E-state index contributed by atoms with van der Waals surface area (Å²) in [6, 6.07) is 13.9. The molecule has 2 heterocycles. The lowest BCUT2D eigenvalue weighted by Crippen LogP contribution is -2.23. The van der Waals surface area contributed by atoms with E-state index in [4.69, 9.17) is 9.47 Å². The zero-order valence-electron chi connectivity index (χ0n) is 18.0. The highest BCUT2D eigenvalue weighted by molar-refractivity contribution is 7.91. The van der Waals surface area contributed by atoms with Gasteiger partial charge in [-0.2, -0.15) is 0 Å². The summed E-state index contributed by atoms with van der Waals surface area (Å²) < 4.78 is 37.4. The summed E-state index contributed by atoms with van der Waals surface area (Å²) in [7, 11) is -2.26. The van der Waals surface area contributed by atoms with Crippen LogP contribution in [0.2, 0.25) is 0 Å². The number of sulfone groups is 1. The largest absolute Gasteiger partial charge is 0.497 e. The first-order valence-corrected chi connectivity index (χ1v) is 12.8. The first-order valence-electron chi connectivity index (χ1n) is 10.5. The molecule has 0 spiro atoms. The molecule has 0 unspecified atom stereocenters. The van der Waals surface area contributed by atoms with E-state index in [1.165, 1.54) is 30.6 Å². The van der Waals surface area contributed by atoms with Crippen LogP contribution in [0.3, 0.4) is 0 Å². The molecule has 0 fully saturated rings. The van der Waals surface area contributed by atoms with Gasteiger partial charge < -0.3 is 14.8 Å². The fourth-order valence-electron chi connectivity index (χ4n) is 3.68. The Morgan fingerprint density at radius 1 is 1.06 bits per heavy atom. The molecule has 1 aliphatic heterocycles. The van der Waals surface area contributed by atoms with Crippen molar-refractivity contribution in [3.63, 3.8) is 0 Å². The molecule has 1 aromatic heterocycles. The molecule has 0 radical (unpaired) electrons. The van der Waals surface area contributed by atoms with Gasteiger partial charge in [0.2, 0.25) is 15.7 Å². The second-order valence-electron chi connectivity index (χ2n) is 7.59. The number of carbonyl (C=O) groups excluding carboxylic acids is 1. The van der Waals surface area contributed by atoms with E-state index in [2.05, 4.69) is 12.2 Å². The van der Waals surface area contributed by atoms with Gasteiger partial charge in [-0.1, -0.05) is 25.5 Å². The Bertz CT molecular complexity index is 1200. The predicted octanol–water partition coefficient (Wildman–Crippen LogP) is 5.24. The highest BCUT2D eigenvalue weighted by atomic mass is 32.2. The Labute approximate surface area is 192 Å². The zero-order chi connectivity index (χ0) is 22.7. The topological polar surface area (TPSA) is 81.7 Å². The first kappa shape index (κ1) is 22.4. The second-order valence-corrected chi connectivity index (χ2v) is 10.4. The maximum atomic E-state index is 13.3. The van der Waals surface area contributed by atoms with Gasteiger partial charge in [-0.3, -0.25) is 4.79 Å². The van der Waals surface area contributed by atoms with E-state index in [0.29, 0.717) is 18.0 Å². The van der Waals surface area contributed by atoms with E-state index in [-0.39, 0.29) is 28.0 Å². The summed E-state index contributed by atoms with van der Waals surface area (Å²) in [6.45, 7) is 2.78. The number of nitrogens with one attached hydrogen (secondary N) is 1. The molecule has 0 bridgehead atoms. The first-order chi connectivity index (χ1) is 15.4. The molecule has 8 heteroatoms. The minimum atomic E-state index is -3.79. The van der Waals surface area contributed by atoms with Crippen LogP contribution in [-0.2, 0) is 14.6 Å². The molecule has 1 atom stereocenters. The van der Waals surface area contributed by atoms with Gasteiger partial charge >= 0.3 is 0 Å². The quantitative estimate of drug-likeness (QED) is 0.454. The second kappa shape index (κ2) is 9.34. The molecule has 168 valence electrons. The van der Waals surface area contributed by atoms with Crippen molar-refractivity contribution in [1.82, 2.24) is 0 Å². The average Bonchev–Trinajstić information content (AvgIpc) is 3.24. The standard InChI is InChI=1S/C24H25NO5S2/c1-3-4-13-30-18-7-5-16(6-8-18)20-14-22(26)25-23-21(15-31-24(20)23)32(27,28)19-11-9-17(29-2)10-12-19/h5-12,15,20H,3-4,13-14H2,1-2H3,(H,25,26)/t20-/m1/s1. The smallest absolute Gasteiger partial charge is 0.225 e. The number of fused-ring (bicyclic) bond motifs is 1. The van der Waals surface area contributed by atoms with Crippen LogP contribution in [0, 0.1) is 0 Å². The van der Waals surface area contributed by atoms with Crippen LogP contribution in [0.1, 0.15) is 42.5 Å². The van der Waals surface area contributed by atoms with Crippen LogP contribution in [-0.4, -0.2) is 28.0 Å². The third kappa shape index (κ3) is 4.38. The third-order valence-electron chi connectivity index (χ3n) is 5.46. The molecular formula is C24H25NO5S2. The van der Waals surface area contributed by atoms with Crippen molar-refractivity contribution < 1.29 is 22.7 Å². The molecule has 32 heavy (non-hydrogen) atoms. The highest BCUT2D eigenvalue weighted by Gasteiger charge is 2.34. The van der Waals surface area contributed by atoms with Gasteiger partial charge in [0.05, 0.1) is 24.3 Å². The zero-order valence-corrected chi connectivity index (χ0v) is 19.6. The summed E-state index contributed by atoms with van der Waals surface area (Å²) >= 11 is 1.36. The number of carbonyl (C=O) groups is 1. The van der Waals surface area contributed by atoms with E-state index < -0.39 is 9.84 Å². The van der Waals surface area contributed by atoms with Crippen molar-refractivity contribution in [3.8, 4) is 11.5 Å². The number of amides is 1. The molecule has 1 amide bonds. The summed E-state index contributed by atoms with van der Waals surface area (Å²) in [6.07, 6.45) is 2.33. The summed E-state index contributed by atoms with van der Waals surface area (Å²) in [5.74, 6) is 0.965. The number of benzene rings is 2. The Kier molecular flexibility index (Phi) is 6.53. The van der Waals surface area contributed by atoms with Crippen LogP contribution in [0.15, 0.2) is 63.7 Å². The van der Waals surface area contributed by atoms with E-state index in [0.717, 1.165) is 29.0 Å². The summed E-state index contributed by atoms with van der Waals surface area (Å²) in [5.41, 5.74) is 1.34. The molecule has 2 aromatic carbocycles. The molecular weight excluding hydrogens is 446 g/mol. The molecule has 1 N–H and O–H groups in total. The average molecular weight is 472 g/mol. The van der Waals surface area contributed by atoms with Gasteiger partial charge in [0.25, 0.3) is 0 Å². The number of rotatable bonds is 8. The van der Waals surface area contributed by atoms with Crippen LogP contribution in [0.5, 0.6) is 11.5 Å². The van der Waals surface area contributed by atoms with Gasteiger partial charge in [-0.25, -0.2) is 8.42 Å². The number of thiophene rings is 1. The molecule has 0 aliphatic carbocycles. The fraction of sp³-hybridized carbons (Fsp3) is 0.292. The number of unbranched alkanes of at least 4 members (excludes halogenated alkanes) is 1. The van der Waals surface area contributed by atoms with Crippen molar-refractivity contribution in [1.29, 1.82) is 0 Å². The highest BCUT2D eigenvalue weighted by Crippen LogP contribution is 2.46. The molecule has 6 nitrogen and oxygen atoms in total. The number of anilines is 1. The van der Waals surface area contributed by atoms with Crippen LogP contribution >= 0.6 is 11.3 Å². The summed E-state index contributed by atoms with van der Waals surface area (Å²) in [5, 5.41) is 4.41. The number of hydrogen-bond donors (Lipinski definition) is 1. The van der Waals surface area contributed by atoms with Gasteiger partial charge in [0.1, 0.15) is 16.4 Å². The molecule has 3 aromatic rings. The maximum absolute atomic E-state index is 13.3. The SMILES string of the molecule is CCCCOc1ccc([C@H]2CC(=O)Nc3c(S(=O)(=O)c4ccc(OC)cc4)csc32)cc1. The van der Waals surface area contributed by atoms with E-state index >= 15 is 0 Å². The monoisotopic (exact) mass is 471 g/mol. The van der Waals surface area contributed by atoms with E-state index in [1.54, 1.807) is 17.5 Å². The summed E-state index contributed by atoms with van der Waals surface area (Å²) in [4.78, 5) is 13.6. The van der Waals surface area contributed by atoms with E-state index in [1.807, 2.05) is 24.3 Å². The van der Waals surface area contributed by atoms with Gasteiger partial charge in [0.15, 0.2) is 0 Å². The number of ether oxygens (including phenoxy) is 2. The number of methoxy groups -OCH3 is 1. The van der Waals surface area contributed by atoms with Crippen LogP contribution < -0.4 is 14.8 Å². The lowest BCUT2D eigenvalue weighted by Gasteiger charge is -2.24. The molecule has 0 saturated heterocycles. The Balaban J connectivity index is 1.65. The maximum Gasteiger partial charge on any atom is 0.225 e. The Morgan fingerprint density at radius 3 is 2.41 bits per heavy atom. The van der Waals surface area contributed by atoms with Crippen molar-refractivity contribution in [3.05, 3.63) is 64.4 Å². The third-order valence-corrected chi connectivity index (χ3v) is 8.50. The normalized spacial score (nSPS) is 15.7. The van der Waals surface area contributed by atoms with E-state index in [9.17, 15) is 13.2 Å². The van der Waals surface area contributed by atoms with Crippen molar-refractivity contribution in [2.45, 2.75) is 41.9 Å².